The zero-order chi connectivity index (χ0) is 40.4. The van der Waals surface area contributed by atoms with Crippen molar-refractivity contribution in [2.24, 2.45) is 0 Å². The summed E-state index contributed by atoms with van der Waals surface area (Å²) in [7, 11) is 0. The first-order valence-corrected chi connectivity index (χ1v) is 15.7. The lowest BCUT2D eigenvalue weighted by molar-refractivity contribution is 1.07. The van der Waals surface area contributed by atoms with Crippen LogP contribution in [0.3, 0.4) is 0 Å². The van der Waals surface area contributed by atoms with Crippen LogP contribution in [0, 0.1) is 0 Å². The molecule has 2 heterocycles. The summed E-state index contributed by atoms with van der Waals surface area (Å²) in [6.07, 6.45) is 0. The Hall–Kier alpha value is -6.65. The molecule has 7 aromatic carbocycles. The highest BCUT2D eigenvalue weighted by molar-refractivity contribution is 6.10. The summed E-state index contributed by atoms with van der Waals surface area (Å²) < 4.78 is 78.1. The van der Waals surface area contributed by atoms with Gasteiger partial charge in [-0.05, 0) is 52.6 Å². The SMILES string of the molecule is [2H]c1c([2H])c([2H])c(-c2ccc3c(c2)c2c([2H])c([2H])c([2H])c([2H])c2n3-c2ccc(-c3ccc(-c4nc(-c5ccccc5)nc(-c5ccccc5)n4)cc3)cc2)c([2H])c1[2H]. The largest absolute Gasteiger partial charge is 0.309 e. The van der Waals surface area contributed by atoms with E-state index in [1.54, 1.807) is 22.8 Å². The monoisotopic (exact) mass is 635 g/mol. The van der Waals surface area contributed by atoms with Gasteiger partial charge in [0.05, 0.1) is 23.4 Å². The minimum absolute atomic E-state index is 0.00812. The van der Waals surface area contributed by atoms with Crippen LogP contribution in [0.25, 0.3) is 83.9 Å². The van der Waals surface area contributed by atoms with Crippen molar-refractivity contribution < 1.29 is 12.3 Å². The van der Waals surface area contributed by atoms with Gasteiger partial charge in [-0.1, -0.05) is 151 Å². The summed E-state index contributed by atoms with van der Waals surface area (Å²) in [5.74, 6) is 1.69. The van der Waals surface area contributed by atoms with Crippen molar-refractivity contribution in [3.05, 3.63) is 182 Å². The predicted molar refractivity (Wildman–Crippen MR) is 201 cm³/mol. The van der Waals surface area contributed by atoms with E-state index >= 15 is 0 Å². The molecule has 0 aliphatic heterocycles. The molecule has 9 aromatic rings. The Morgan fingerprint density at radius 2 is 0.857 bits per heavy atom. The van der Waals surface area contributed by atoms with E-state index in [0.29, 0.717) is 39.6 Å². The van der Waals surface area contributed by atoms with Gasteiger partial charge in [0.25, 0.3) is 0 Å². The summed E-state index contributed by atoms with van der Waals surface area (Å²) in [4.78, 5) is 14.5. The number of nitrogens with zero attached hydrogens (tertiary/aromatic N) is 4. The van der Waals surface area contributed by atoms with E-state index in [9.17, 15) is 0 Å². The number of hydrogen-bond acceptors (Lipinski definition) is 3. The first-order chi connectivity index (χ1) is 28.0. The Morgan fingerprint density at radius 3 is 1.47 bits per heavy atom. The molecular formula is C45H30N4. The van der Waals surface area contributed by atoms with Crippen molar-refractivity contribution in [3.8, 4) is 62.1 Å². The van der Waals surface area contributed by atoms with E-state index in [-0.39, 0.29) is 46.7 Å². The van der Waals surface area contributed by atoms with Gasteiger partial charge in [0.1, 0.15) is 0 Å². The summed E-state index contributed by atoms with van der Waals surface area (Å²) in [6, 6.07) is 36.8. The molecule has 0 spiro atoms. The lowest BCUT2D eigenvalue weighted by Crippen LogP contribution is -2.00. The van der Waals surface area contributed by atoms with Gasteiger partial charge in [-0.25, -0.2) is 15.0 Å². The quantitative estimate of drug-likeness (QED) is 0.183. The van der Waals surface area contributed by atoms with Gasteiger partial charge in [0, 0.05) is 33.2 Å². The van der Waals surface area contributed by atoms with Crippen LogP contribution < -0.4 is 0 Å². The number of para-hydroxylation sites is 1. The van der Waals surface area contributed by atoms with Gasteiger partial charge in [0.15, 0.2) is 17.5 Å². The zero-order valence-electron chi connectivity index (χ0n) is 34.9. The third-order valence-corrected chi connectivity index (χ3v) is 8.49. The minimum Gasteiger partial charge on any atom is -0.309 e. The summed E-state index contributed by atoms with van der Waals surface area (Å²) in [5, 5.41) is 0.717. The number of fused-ring (bicyclic) bond motifs is 3. The van der Waals surface area contributed by atoms with Gasteiger partial charge in [0.2, 0.25) is 0 Å². The van der Waals surface area contributed by atoms with Crippen molar-refractivity contribution in [1.29, 1.82) is 0 Å². The Balaban J connectivity index is 1.12. The molecule has 0 radical (unpaired) electrons. The third kappa shape index (κ3) is 5.35. The second kappa shape index (κ2) is 12.2. The number of aromatic nitrogens is 4. The molecule has 49 heavy (non-hydrogen) atoms. The topological polar surface area (TPSA) is 43.6 Å². The molecule has 0 saturated carbocycles. The van der Waals surface area contributed by atoms with Crippen LogP contribution in [0.2, 0.25) is 0 Å². The second-order valence-corrected chi connectivity index (χ2v) is 11.5. The van der Waals surface area contributed by atoms with Crippen LogP contribution >= 0.6 is 0 Å². The molecular weight excluding hydrogens is 597 g/mol. The molecule has 2 aromatic heterocycles. The maximum absolute atomic E-state index is 8.95. The summed E-state index contributed by atoms with van der Waals surface area (Å²) in [5.41, 5.74) is 6.24. The maximum Gasteiger partial charge on any atom is 0.164 e. The number of rotatable bonds is 6. The zero-order valence-corrected chi connectivity index (χ0v) is 25.9. The molecule has 0 bridgehead atoms. The first kappa shape index (κ1) is 20.6. The van der Waals surface area contributed by atoms with Gasteiger partial charge < -0.3 is 4.57 Å². The van der Waals surface area contributed by atoms with Crippen molar-refractivity contribution in [3.63, 3.8) is 0 Å². The van der Waals surface area contributed by atoms with Gasteiger partial charge >= 0.3 is 0 Å². The van der Waals surface area contributed by atoms with Crippen LogP contribution in [0.5, 0.6) is 0 Å². The molecule has 0 aliphatic carbocycles. The first-order valence-electron chi connectivity index (χ1n) is 20.2. The maximum atomic E-state index is 8.95. The van der Waals surface area contributed by atoms with Gasteiger partial charge in [-0.3, -0.25) is 0 Å². The summed E-state index contributed by atoms with van der Waals surface area (Å²) in [6.45, 7) is 0. The van der Waals surface area contributed by atoms with Crippen LogP contribution in [-0.2, 0) is 0 Å². The fourth-order valence-electron chi connectivity index (χ4n) is 6.09. The average Bonchev–Trinajstić information content (AvgIpc) is 3.61. The lowest BCUT2D eigenvalue weighted by Gasteiger charge is -2.11. The fraction of sp³-hybridized carbons (Fsp3) is 0. The van der Waals surface area contributed by atoms with E-state index in [0.717, 1.165) is 27.8 Å². The average molecular weight is 636 g/mol. The highest BCUT2D eigenvalue weighted by Crippen LogP contribution is 2.35. The van der Waals surface area contributed by atoms with E-state index in [1.165, 1.54) is 0 Å². The highest BCUT2D eigenvalue weighted by Gasteiger charge is 2.15. The molecule has 0 atom stereocenters. The van der Waals surface area contributed by atoms with E-state index in [4.69, 9.17) is 27.3 Å². The number of benzene rings is 7. The van der Waals surface area contributed by atoms with Crippen LogP contribution in [-0.4, -0.2) is 19.5 Å². The molecule has 9 rings (SSSR count). The van der Waals surface area contributed by atoms with Crippen molar-refractivity contribution in [1.82, 2.24) is 19.5 Å². The second-order valence-electron chi connectivity index (χ2n) is 11.5. The minimum atomic E-state index is -0.498. The van der Waals surface area contributed by atoms with E-state index in [1.807, 2.05) is 109 Å². The smallest absolute Gasteiger partial charge is 0.164 e. The van der Waals surface area contributed by atoms with Crippen molar-refractivity contribution >= 4 is 21.8 Å². The molecule has 0 amide bonds. The Morgan fingerprint density at radius 1 is 0.367 bits per heavy atom. The molecule has 0 aliphatic rings. The van der Waals surface area contributed by atoms with Gasteiger partial charge in [-0.15, -0.1) is 0 Å². The Labute approximate surface area is 297 Å². The summed E-state index contributed by atoms with van der Waals surface area (Å²) >= 11 is 0. The molecule has 0 fully saturated rings. The van der Waals surface area contributed by atoms with Crippen LogP contribution in [0.4, 0.5) is 0 Å². The number of hydrogen-bond donors (Lipinski definition) is 0. The Kier molecular flexibility index (Phi) is 5.11. The van der Waals surface area contributed by atoms with Crippen molar-refractivity contribution in [2.45, 2.75) is 0 Å². The van der Waals surface area contributed by atoms with Crippen LogP contribution in [0.1, 0.15) is 12.3 Å². The molecule has 230 valence electrons. The standard InChI is InChI=1S/C45H30N4/c1-4-12-31(13-5-1)37-26-29-42-40(30-37)39-18-10-11-19-41(39)49(42)38-27-24-33(25-28-38)32-20-22-36(23-21-32)45-47-43(34-14-6-2-7-15-34)46-44(48-45)35-16-8-3-9-17-35/h1-30H/i1D,4D,5D,10D,11D,12D,13D,18D,19D. The molecule has 0 saturated heterocycles. The normalized spacial score (nSPS) is 13.8. The highest BCUT2D eigenvalue weighted by atomic mass is 15.0. The Bertz CT molecular complexity index is 2990. The van der Waals surface area contributed by atoms with Gasteiger partial charge in [-0.2, -0.15) is 0 Å². The third-order valence-electron chi connectivity index (χ3n) is 8.49. The predicted octanol–water partition coefficient (Wildman–Crippen LogP) is 11.3. The van der Waals surface area contributed by atoms with E-state index in [2.05, 4.69) is 0 Å². The molecule has 4 heteroatoms. The molecule has 4 nitrogen and oxygen atoms in total. The van der Waals surface area contributed by atoms with Crippen molar-refractivity contribution in [2.75, 3.05) is 0 Å². The van der Waals surface area contributed by atoms with Crippen LogP contribution in [0.15, 0.2) is 182 Å². The molecule has 0 N–H and O–H groups in total. The lowest BCUT2D eigenvalue weighted by atomic mass is 10.0. The fourth-order valence-corrected chi connectivity index (χ4v) is 6.09. The van der Waals surface area contributed by atoms with E-state index < -0.39 is 24.2 Å². The molecule has 0 unspecified atom stereocenters.